The van der Waals surface area contributed by atoms with Crippen LogP contribution in [0.3, 0.4) is 0 Å². The summed E-state index contributed by atoms with van der Waals surface area (Å²) >= 11 is 0.688. The number of thiazole rings is 1. The van der Waals surface area contributed by atoms with Crippen LogP contribution in [-0.4, -0.2) is 24.8 Å². The number of alkyl halides is 2. The fourth-order valence-electron chi connectivity index (χ4n) is 2.23. The Hall–Kier alpha value is -1.90. The molecule has 0 spiro atoms. The largest absolute Gasteiger partial charge is 0.409 e. The van der Waals surface area contributed by atoms with Gasteiger partial charge in [0.1, 0.15) is 0 Å². The van der Waals surface area contributed by atoms with Crippen LogP contribution in [0.4, 0.5) is 8.78 Å². The van der Waals surface area contributed by atoms with E-state index in [0.717, 1.165) is 7.05 Å². The van der Waals surface area contributed by atoms with E-state index in [0.29, 0.717) is 31.4 Å². The lowest BCUT2D eigenvalue weighted by Crippen LogP contribution is -2.38. The van der Waals surface area contributed by atoms with Crippen LogP contribution in [0.2, 0.25) is 0 Å². The zero-order valence-corrected chi connectivity index (χ0v) is 14.3. The first-order valence-electron chi connectivity index (χ1n) is 7.06. The topological polar surface area (TPSA) is 50.3 Å². The van der Waals surface area contributed by atoms with E-state index in [-0.39, 0.29) is 6.54 Å². The first-order valence-corrected chi connectivity index (χ1v) is 9.32. The van der Waals surface area contributed by atoms with Crippen molar-refractivity contribution in [2.45, 2.75) is 11.8 Å². The summed E-state index contributed by atoms with van der Waals surface area (Å²) in [5.74, 6) is 0. The lowest BCUT2D eigenvalue weighted by Gasteiger charge is -2.22. The fourth-order valence-corrected chi connectivity index (χ4v) is 4.48. The number of hydrogen-bond donors (Lipinski definition) is 0. The maximum atomic E-state index is 14.6. The van der Waals surface area contributed by atoms with E-state index in [2.05, 4.69) is 4.98 Å². The molecule has 0 aliphatic carbocycles. The van der Waals surface area contributed by atoms with E-state index in [9.17, 15) is 17.2 Å². The second kappa shape index (κ2) is 6.19. The highest BCUT2D eigenvalue weighted by Crippen LogP contribution is 2.40. The number of hydrogen-bond acceptors (Lipinski definition) is 4. The van der Waals surface area contributed by atoms with Crippen molar-refractivity contribution < 1.29 is 17.2 Å². The van der Waals surface area contributed by atoms with Crippen molar-refractivity contribution in [2.24, 2.45) is 0 Å². The molecule has 3 aromatic rings. The summed E-state index contributed by atoms with van der Waals surface area (Å²) in [5.41, 5.74) is 0.988. The molecule has 126 valence electrons. The Balaban J connectivity index is 1.94. The highest BCUT2D eigenvalue weighted by molar-refractivity contribution is 7.89. The molecule has 4 nitrogen and oxygen atoms in total. The molecule has 8 heteroatoms. The summed E-state index contributed by atoms with van der Waals surface area (Å²) in [7, 11) is -3.75. The van der Waals surface area contributed by atoms with Gasteiger partial charge in [-0.3, -0.25) is 0 Å². The van der Waals surface area contributed by atoms with E-state index in [1.54, 1.807) is 54.6 Å². The number of rotatable bonds is 5. The van der Waals surface area contributed by atoms with Crippen molar-refractivity contribution in [3.63, 3.8) is 0 Å². The summed E-state index contributed by atoms with van der Waals surface area (Å²) in [6.07, 6.45) is 0. The van der Waals surface area contributed by atoms with Crippen molar-refractivity contribution in [3.8, 4) is 0 Å². The molecule has 24 heavy (non-hydrogen) atoms. The Morgan fingerprint density at radius 2 is 1.71 bits per heavy atom. The Labute approximate surface area is 142 Å². The molecule has 0 saturated heterocycles. The molecule has 0 N–H and O–H groups in total. The summed E-state index contributed by atoms with van der Waals surface area (Å²) in [4.78, 5) is 3.80. The van der Waals surface area contributed by atoms with Crippen LogP contribution in [-0.2, 0) is 21.8 Å². The van der Waals surface area contributed by atoms with Gasteiger partial charge in [-0.15, -0.1) is 11.3 Å². The molecular weight excluding hydrogens is 354 g/mol. The van der Waals surface area contributed by atoms with Crippen molar-refractivity contribution in [1.82, 2.24) is 9.29 Å². The Morgan fingerprint density at radius 3 is 2.38 bits per heavy atom. The molecule has 1 aromatic heterocycles. The number of para-hydroxylation sites is 1. The van der Waals surface area contributed by atoms with E-state index in [4.69, 9.17) is 0 Å². The standard InChI is InChI=1S/C16H14F2N2O2S2/c1-20(11-12-7-3-2-4-8-12)24(21,22)16(17,18)15-19-13-9-5-6-10-14(13)23-15/h2-10H,11H2,1H3. The Bertz CT molecular complexity index is 923. The van der Waals surface area contributed by atoms with Crippen LogP contribution in [0, 0.1) is 0 Å². The first kappa shape index (κ1) is 16.9. The van der Waals surface area contributed by atoms with Crippen LogP contribution in [0.1, 0.15) is 10.6 Å². The molecule has 0 atom stereocenters. The predicted octanol–water partition coefficient (Wildman–Crippen LogP) is 3.81. The second-order valence-corrected chi connectivity index (χ2v) is 8.37. The van der Waals surface area contributed by atoms with Gasteiger partial charge >= 0.3 is 5.25 Å². The third kappa shape index (κ3) is 2.92. The SMILES string of the molecule is CN(Cc1ccccc1)S(=O)(=O)C(F)(F)c1nc2ccccc2s1. The molecule has 2 aromatic carbocycles. The van der Waals surface area contributed by atoms with Crippen LogP contribution < -0.4 is 0 Å². The smallest absolute Gasteiger partial charge is 0.234 e. The van der Waals surface area contributed by atoms with Gasteiger partial charge in [0.05, 0.1) is 10.2 Å². The van der Waals surface area contributed by atoms with Crippen molar-refractivity contribution in [3.05, 3.63) is 65.2 Å². The van der Waals surface area contributed by atoms with Gasteiger partial charge in [0.25, 0.3) is 10.0 Å². The van der Waals surface area contributed by atoms with Gasteiger partial charge in [0, 0.05) is 13.6 Å². The van der Waals surface area contributed by atoms with E-state index >= 15 is 0 Å². The monoisotopic (exact) mass is 368 g/mol. The van der Waals surface area contributed by atoms with Gasteiger partial charge in [-0.25, -0.2) is 13.4 Å². The molecule has 0 unspecified atom stereocenters. The lowest BCUT2D eigenvalue weighted by molar-refractivity contribution is 0.0824. The molecule has 0 aliphatic heterocycles. The number of fused-ring (bicyclic) bond motifs is 1. The molecule has 0 bridgehead atoms. The molecule has 3 rings (SSSR count). The van der Waals surface area contributed by atoms with Crippen LogP contribution in [0.25, 0.3) is 10.2 Å². The van der Waals surface area contributed by atoms with E-state index in [1.807, 2.05) is 0 Å². The van der Waals surface area contributed by atoms with E-state index < -0.39 is 20.3 Å². The van der Waals surface area contributed by atoms with Gasteiger partial charge < -0.3 is 0 Å². The number of halogens is 2. The second-order valence-electron chi connectivity index (χ2n) is 5.25. The van der Waals surface area contributed by atoms with Gasteiger partial charge in [0.2, 0.25) is 0 Å². The average molecular weight is 368 g/mol. The van der Waals surface area contributed by atoms with E-state index in [1.165, 1.54) is 0 Å². The molecule has 0 amide bonds. The molecule has 0 radical (unpaired) electrons. The first-order chi connectivity index (χ1) is 11.3. The molecule has 0 fully saturated rings. The van der Waals surface area contributed by atoms with Crippen LogP contribution in [0.5, 0.6) is 0 Å². The summed E-state index contributed by atoms with van der Waals surface area (Å²) in [6.45, 7) is -0.135. The molecular formula is C16H14F2N2O2S2. The normalized spacial score (nSPS) is 12.8. The van der Waals surface area contributed by atoms with Gasteiger partial charge in [-0.1, -0.05) is 42.5 Å². The number of sulfonamides is 1. The average Bonchev–Trinajstić information content (AvgIpc) is 3.00. The zero-order chi connectivity index (χ0) is 17.4. The number of nitrogens with zero attached hydrogens (tertiary/aromatic N) is 2. The third-order valence-electron chi connectivity index (χ3n) is 3.53. The highest BCUT2D eigenvalue weighted by atomic mass is 32.2. The number of benzene rings is 2. The minimum absolute atomic E-state index is 0.135. The molecule has 0 aliphatic rings. The summed E-state index contributed by atoms with van der Waals surface area (Å²) in [5, 5.41) is -4.80. The minimum Gasteiger partial charge on any atom is -0.234 e. The summed E-state index contributed by atoms with van der Waals surface area (Å²) < 4.78 is 55.2. The van der Waals surface area contributed by atoms with Crippen molar-refractivity contribution in [1.29, 1.82) is 0 Å². The Morgan fingerprint density at radius 1 is 1.08 bits per heavy atom. The van der Waals surface area contributed by atoms with Gasteiger partial charge in [-0.2, -0.15) is 13.1 Å². The molecule has 1 heterocycles. The predicted molar refractivity (Wildman–Crippen MR) is 90.3 cm³/mol. The quantitative estimate of drug-likeness (QED) is 0.688. The van der Waals surface area contributed by atoms with Gasteiger partial charge in [0.15, 0.2) is 5.01 Å². The van der Waals surface area contributed by atoms with Crippen LogP contribution >= 0.6 is 11.3 Å². The maximum absolute atomic E-state index is 14.6. The fraction of sp³-hybridized carbons (Fsp3) is 0.188. The Kier molecular flexibility index (Phi) is 4.37. The lowest BCUT2D eigenvalue weighted by atomic mass is 10.2. The van der Waals surface area contributed by atoms with Crippen molar-refractivity contribution in [2.75, 3.05) is 7.05 Å². The van der Waals surface area contributed by atoms with Crippen molar-refractivity contribution >= 4 is 31.6 Å². The van der Waals surface area contributed by atoms with Crippen LogP contribution in [0.15, 0.2) is 54.6 Å². The highest BCUT2D eigenvalue weighted by Gasteiger charge is 2.52. The number of aromatic nitrogens is 1. The molecule has 0 saturated carbocycles. The van der Waals surface area contributed by atoms with Gasteiger partial charge in [-0.05, 0) is 17.7 Å². The third-order valence-corrected chi connectivity index (χ3v) is 6.55. The maximum Gasteiger partial charge on any atom is 0.409 e. The zero-order valence-electron chi connectivity index (χ0n) is 12.7. The summed E-state index contributed by atoms with van der Waals surface area (Å²) in [6, 6.07) is 15.2. The minimum atomic E-state index is -4.89.